The molecule has 0 amide bonds. The zero-order chi connectivity index (χ0) is 21.6. The van der Waals surface area contributed by atoms with Crippen molar-refractivity contribution < 1.29 is 18.7 Å². The van der Waals surface area contributed by atoms with Crippen LogP contribution in [0.25, 0.3) is 11.4 Å². The van der Waals surface area contributed by atoms with E-state index >= 15 is 0 Å². The lowest BCUT2D eigenvalue weighted by molar-refractivity contribution is 0.102. The van der Waals surface area contributed by atoms with Crippen LogP contribution in [0.4, 0.5) is 0 Å². The van der Waals surface area contributed by atoms with Crippen molar-refractivity contribution in [2.45, 2.75) is 11.7 Å². The number of thioether (sulfide) groups is 1. The molecule has 0 unspecified atom stereocenters. The van der Waals surface area contributed by atoms with Crippen LogP contribution >= 0.6 is 11.8 Å². The van der Waals surface area contributed by atoms with Crippen molar-refractivity contribution >= 4 is 17.5 Å². The van der Waals surface area contributed by atoms with Gasteiger partial charge in [0.2, 0.25) is 0 Å². The molecule has 0 spiro atoms. The van der Waals surface area contributed by atoms with E-state index in [-0.39, 0.29) is 11.5 Å². The van der Waals surface area contributed by atoms with E-state index in [1.54, 1.807) is 38.7 Å². The predicted octanol–water partition coefficient (Wildman–Crippen LogP) is 4.58. The number of ether oxygens (including phenoxy) is 2. The van der Waals surface area contributed by atoms with Crippen molar-refractivity contribution in [1.29, 1.82) is 0 Å². The van der Waals surface area contributed by atoms with Gasteiger partial charge >= 0.3 is 0 Å². The fraction of sp³-hybridized carbons (Fsp3) is 0.174. The second-order valence-corrected chi connectivity index (χ2v) is 7.59. The first-order chi connectivity index (χ1) is 15.2. The van der Waals surface area contributed by atoms with Crippen molar-refractivity contribution in [3.8, 4) is 22.9 Å². The summed E-state index contributed by atoms with van der Waals surface area (Å²) in [6, 6.07) is 18.5. The van der Waals surface area contributed by atoms with Crippen molar-refractivity contribution in [3.05, 3.63) is 78.3 Å². The van der Waals surface area contributed by atoms with Crippen LogP contribution in [0.2, 0.25) is 0 Å². The Labute approximate surface area is 184 Å². The van der Waals surface area contributed by atoms with Gasteiger partial charge in [0, 0.05) is 11.1 Å². The molecule has 0 aliphatic carbocycles. The first-order valence-corrected chi connectivity index (χ1v) is 10.6. The van der Waals surface area contributed by atoms with Gasteiger partial charge in [-0.2, -0.15) is 0 Å². The van der Waals surface area contributed by atoms with Gasteiger partial charge < -0.3 is 13.9 Å². The highest BCUT2D eigenvalue weighted by Gasteiger charge is 2.18. The van der Waals surface area contributed by atoms with Gasteiger partial charge in [-0.25, -0.2) is 0 Å². The summed E-state index contributed by atoms with van der Waals surface area (Å²) in [6.07, 6.45) is 1.63. The van der Waals surface area contributed by atoms with E-state index in [0.29, 0.717) is 28.8 Å². The maximum absolute atomic E-state index is 12.7. The summed E-state index contributed by atoms with van der Waals surface area (Å²) in [5.74, 6) is 3.03. The molecule has 0 saturated heterocycles. The van der Waals surface area contributed by atoms with E-state index in [2.05, 4.69) is 10.2 Å². The van der Waals surface area contributed by atoms with Gasteiger partial charge in [0.15, 0.2) is 16.8 Å². The molecule has 7 nitrogen and oxygen atoms in total. The number of rotatable bonds is 9. The van der Waals surface area contributed by atoms with Crippen molar-refractivity contribution in [3.63, 3.8) is 0 Å². The van der Waals surface area contributed by atoms with Crippen LogP contribution in [0, 0.1) is 0 Å². The Balaban J connectivity index is 1.60. The molecule has 158 valence electrons. The Morgan fingerprint density at radius 1 is 1.00 bits per heavy atom. The lowest BCUT2D eigenvalue weighted by atomic mass is 10.1. The average molecular weight is 436 g/mol. The molecular formula is C23H21N3O4S. The molecule has 31 heavy (non-hydrogen) atoms. The summed E-state index contributed by atoms with van der Waals surface area (Å²) >= 11 is 1.34. The van der Waals surface area contributed by atoms with Gasteiger partial charge in [-0.3, -0.25) is 9.36 Å². The zero-order valence-corrected chi connectivity index (χ0v) is 18.0. The summed E-state index contributed by atoms with van der Waals surface area (Å²) in [6.45, 7) is 0.447. The predicted molar refractivity (Wildman–Crippen MR) is 118 cm³/mol. The van der Waals surface area contributed by atoms with Gasteiger partial charge in [0.1, 0.15) is 17.3 Å². The van der Waals surface area contributed by atoms with Gasteiger partial charge in [0.25, 0.3) is 0 Å². The number of aromatic nitrogens is 3. The highest BCUT2D eigenvalue weighted by Crippen LogP contribution is 2.28. The monoisotopic (exact) mass is 435 g/mol. The van der Waals surface area contributed by atoms with Crippen LogP contribution in [0.1, 0.15) is 16.1 Å². The molecule has 0 atom stereocenters. The number of nitrogens with zero attached hydrogens (tertiary/aromatic N) is 3. The summed E-state index contributed by atoms with van der Waals surface area (Å²) in [7, 11) is 3.20. The van der Waals surface area contributed by atoms with E-state index in [9.17, 15) is 4.79 Å². The summed E-state index contributed by atoms with van der Waals surface area (Å²) < 4.78 is 18.0. The van der Waals surface area contributed by atoms with E-state index in [4.69, 9.17) is 13.9 Å². The average Bonchev–Trinajstić information content (AvgIpc) is 3.48. The number of hydrogen-bond donors (Lipinski definition) is 0. The molecular weight excluding hydrogens is 414 g/mol. The fourth-order valence-corrected chi connectivity index (χ4v) is 3.91. The molecule has 0 radical (unpaired) electrons. The van der Waals surface area contributed by atoms with Gasteiger partial charge in [0.05, 0.1) is 32.8 Å². The zero-order valence-electron chi connectivity index (χ0n) is 17.1. The Morgan fingerprint density at radius 2 is 1.77 bits per heavy atom. The SMILES string of the molecule is COc1cccc(C(=O)CSc2nnc(-c3cccc(OC)c3)n2Cc2ccco2)c1. The summed E-state index contributed by atoms with van der Waals surface area (Å²) in [4.78, 5) is 12.7. The quantitative estimate of drug-likeness (QED) is 0.281. The number of Topliss-reactive ketones (excluding diaryl/α,β-unsaturated/α-hetero) is 1. The van der Waals surface area contributed by atoms with Gasteiger partial charge in [-0.05, 0) is 36.4 Å². The van der Waals surface area contributed by atoms with E-state index in [0.717, 1.165) is 17.1 Å². The topological polar surface area (TPSA) is 79.4 Å². The summed E-state index contributed by atoms with van der Waals surface area (Å²) in [5.41, 5.74) is 1.46. The molecule has 2 heterocycles. The molecule has 0 aliphatic rings. The maximum Gasteiger partial charge on any atom is 0.192 e. The Hall–Kier alpha value is -3.52. The highest BCUT2D eigenvalue weighted by atomic mass is 32.2. The Morgan fingerprint density at radius 3 is 2.52 bits per heavy atom. The molecule has 4 rings (SSSR count). The van der Waals surface area contributed by atoms with E-state index in [1.807, 2.05) is 47.0 Å². The van der Waals surface area contributed by atoms with Crippen LogP contribution in [0.15, 0.2) is 76.5 Å². The maximum atomic E-state index is 12.7. The second kappa shape index (κ2) is 9.53. The molecule has 2 aromatic carbocycles. The number of carbonyl (C=O) groups excluding carboxylic acids is 1. The van der Waals surface area contributed by atoms with Crippen molar-refractivity contribution in [2.24, 2.45) is 0 Å². The molecule has 0 N–H and O–H groups in total. The number of furan rings is 1. The van der Waals surface area contributed by atoms with Gasteiger partial charge in [-0.1, -0.05) is 36.0 Å². The number of benzene rings is 2. The third kappa shape index (κ3) is 4.80. The third-order valence-corrected chi connectivity index (χ3v) is 5.63. The molecule has 2 aromatic heterocycles. The minimum Gasteiger partial charge on any atom is -0.497 e. The Bertz CT molecular complexity index is 1170. The Kier molecular flexibility index (Phi) is 6.37. The lowest BCUT2D eigenvalue weighted by Gasteiger charge is -2.10. The molecule has 0 fully saturated rings. The molecule has 0 aliphatic heterocycles. The molecule has 0 saturated carbocycles. The number of methoxy groups -OCH3 is 2. The smallest absolute Gasteiger partial charge is 0.192 e. The highest BCUT2D eigenvalue weighted by molar-refractivity contribution is 7.99. The number of hydrogen-bond acceptors (Lipinski definition) is 7. The molecule has 8 heteroatoms. The number of ketones is 1. The first-order valence-electron chi connectivity index (χ1n) is 9.58. The van der Waals surface area contributed by atoms with Crippen LogP contribution in [-0.2, 0) is 6.54 Å². The number of carbonyl (C=O) groups is 1. The largest absolute Gasteiger partial charge is 0.497 e. The van der Waals surface area contributed by atoms with E-state index in [1.165, 1.54) is 11.8 Å². The minimum atomic E-state index is -0.0145. The summed E-state index contributed by atoms with van der Waals surface area (Å²) in [5, 5.41) is 9.36. The molecule has 0 bridgehead atoms. The lowest BCUT2D eigenvalue weighted by Crippen LogP contribution is -2.07. The second-order valence-electron chi connectivity index (χ2n) is 6.65. The first kappa shape index (κ1) is 20.7. The van der Waals surface area contributed by atoms with Crippen LogP contribution in [-0.4, -0.2) is 40.5 Å². The standard InChI is InChI=1S/C23H21N3O4S/c1-28-18-8-3-6-16(12-18)21(27)15-31-23-25-24-22(17-7-4-9-19(13-17)29-2)26(23)14-20-10-5-11-30-20/h3-13H,14-15H2,1-2H3. The van der Waals surface area contributed by atoms with Crippen LogP contribution < -0.4 is 9.47 Å². The fourth-order valence-electron chi connectivity index (χ4n) is 3.08. The molecule has 4 aromatic rings. The minimum absolute atomic E-state index is 0.0145. The van der Waals surface area contributed by atoms with Crippen molar-refractivity contribution in [1.82, 2.24) is 14.8 Å². The van der Waals surface area contributed by atoms with Crippen molar-refractivity contribution in [2.75, 3.05) is 20.0 Å². The van der Waals surface area contributed by atoms with Crippen LogP contribution in [0.3, 0.4) is 0 Å². The third-order valence-electron chi connectivity index (χ3n) is 4.66. The van der Waals surface area contributed by atoms with Crippen LogP contribution in [0.5, 0.6) is 11.5 Å². The van der Waals surface area contributed by atoms with E-state index < -0.39 is 0 Å². The normalized spacial score (nSPS) is 10.8. The van der Waals surface area contributed by atoms with Gasteiger partial charge in [-0.15, -0.1) is 10.2 Å².